The molecule has 200 valence electrons. The van der Waals surface area contributed by atoms with Gasteiger partial charge in [0.2, 0.25) is 0 Å². The topological polar surface area (TPSA) is 127 Å². The van der Waals surface area contributed by atoms with Gasteiger partial charge in [0.25, 0.3) is 0 Å². The van der Waals surface area contributed by atoms with Gasteiger partial charge in [-0.05, 0) is 54.5 Å². The molecule has 0 fully saturated rings. The van der Waals surface area contributed by atoms with Gasteiger partial charge in [-0.3, -0.25) is 9.48 Å². The van der Waals surface area contributed by atoms with Crippen LogP contribution in [-0.2, 0) is 25.3 Å². The maximum absolute atomic E-state index is 12.9. The van der Waals surface area contributed by atoms with Gasteiger partial charge in [0.15, 0.2) is 17.3 Å². The Morgan fingerprint density at radius 3 is 2.79 bits per heavy atom. The number of hydrogen-bond acceptors (Lipinski definition) is 7. The van der Waals surface area contributed by atoms with Gasteiger partial charge < -0.3 is 14.8 Å². The van der Waals surface area contributed by atoms with E-state index < -0.39 is 0 Å². The van der Waals surface area contributed by atoms with E-state index in [4.69, 9.17) is 9.51 Å². The molecule has 39 heavy (non-hydrogen) atoms. The third-order valence-corrected chi connectivity index (χ3v) is 7.34. The van der Waals surface area contributed by atoms with E-state index in [-0.39, 0.29) is 23.3 Å². The van der Waals surface area contributed by atoms with Crippen LogP contribution in [-0.4, -0.2) is 40.8 Å². The number of aromatic nitrogens is 7. The molecule has 0 bridgehead atoms. The zero-order chi connectivity index (χ0) is 27.3. The molecule has 1 amide bonds. The lowest BCUT2D eigenvalue weighted by Crippen LogP contribution is -2.31. The lowest BCUT2D eigenvalue weighted by molar-refractivity contribution is 0.0888. The quantitative estimate of drug-likeness (QED) is 0.328. The molecule has 1 unspecified atom stereocenters. The Kier molecular flexibility index (Phi) is 6.05. The number of rotatable bonds is 5. The molecule has 0 radical (unpaired) electrons. The fraction of sp³-hybridized carbons (Fsp3) is 0.379. The van der Waals surface area contributed by atoms with Crippen molar-refractivity contribution in [1.29, 1.82) is 0 Å². The predicted octanol–water partition coefficient (Wildman–Crippen LogP) is 5.08. The number of carbonyl (C=O) groups is 1. The minimum Gasteiger partial charge on any atom is -0.341 e. The fourth-order valence-electron chi connectivity index (χ4n) is 5.20. The highest BCUT2D eigenvalue weighted by Crippen LogP contribution is 2.35. The van der Waals surface area contributed by atoms with E-state index in [0.717, 1.165) is 59.3 Å². The Morgan fingerprint density at radius 1 is 1.21 bits per heavy atom. The summed E-state index contributed by atoms with van der Waals surface area (Å²) >= 11 is 0. The number of aryl methyl sites for hydroxylation is 3. The van der Waals surface area contributed by atoms with Crippen LogP contribution in [0.4, 0.5) is 0 Å². The monoisotopic (exact) mass is 524 g/mol. The summed E-state index contributed by atoms with van der Waals surface area (Å²) in [6.07, 6.45) is 5.46. The molecule has 1 aliphatic carbocycles. The Balaban J connectivity index is 1.29. The second kappa shape index (κ2) is 9.44. The first-order valence-corrected chi connectivity index (χ1v) is 13.4. The van der Waals surface area contributed by atoms with Gasteiger partial charge >= 0.3 is 11.8 Å². The van der Waals surface area contributed by atoms with Gasteiger partial charge in [-0.1, -0.05) is 51.1 Å². The van der Waals surface area contributed by atoms with Crippen molar-refractivity contribution in [3.05, 3.63) is 65.1 Å². The van der Waals surface area contributed by atoms with Crippen molar-refractivity contribution in [2.45, 2.75) is 64.8 Å². The lowest BCUT2D eigenvalue weighted by Gasteiger charge is -2.26. The number of hydrogen-bond donors (Lipinski definition) is 2. The number of H-pyrrole nitrogens is 1. The molecule has 6 rings (SSSR count). The highest BCUT2D eigenvalue weighted by Gasteiger charge is 2.28. The Hall–Kier alpha value is -4.34. The van der Waals surface area contributed by atoms with Gasteiger partial charge in [-0.25, -0.2) is 9.97 Å². The van der Waals surface area contributed by atoms with E-state index in [1.54, 1.807) is 6.20 Å². The highest BCUT2D eigenvalue weighted by molar-refractivity contribution is 5.92. The molecule has 0 spiro atoms. The van der Waals surface area contributed by atoms with Gasteiger partial charge in [0.05, 0.1) is 11.6 Å². The van der Waals surface area contributed by atoms with Crippen molar-refractivity contribution >= 4 is 17.1 Å². The van der Waals surface area contributed by atoms with Crippen molar-refractivity contribution in [3.8, 4) is 22.6 Å². The molecule has 10 nitrogen and oxygen atoms in total. The summed E-state index contributed by atoms with van der Waals surface area (Å²) in [5, 5.41) is 11.7. The minimum absolute atomic E-state index is 0.00291. The van der Waals surface area contributed by atoms with Crippen molar-refractivity contribution in [2.24, 2.45) is 7.05 Å². The summed E-state index contributed by atoms with van der Waals surface area (Å²) < 4.78 is 7.14. The summed E-state index contributed by atoms with van der Waals surface area (Å²) in [6.45, 7) is 8.06. The third kappa shape index (κ3) is 4.60. The average molecular weight is 525 g/mol. The number of amides is 1. The molecular formula is C29H32N8O2. The molecule has 0 aliphatic heterocycles. The number of benzene rings is 1. The normalized spacial score (nSPS) is 15.5. The second-order valence-electron chi connectivity index (χ2n) is 11.1. The zero-order valence-corrected chi connectivity index (χ0v) is 22.9. The van der Waals surface area contributed by atoms with Crippen LogP contribution in [0.15, 0.2) is 41.1 Å². The second-order valence-corrected chi connectivity index (χ2v) is 11.1. The molecule has 1 atom stereocenters. The number of nitrogens with one attached hydrogen (secondary N) is 2. The van der Waals surface area contributed by atoms with E-state index in [1.165, 1.54) is 5.56 Å². The third-order valence-electron chi connectivity index (χ3n) is 7.34. The molecule has 5 aromatic rings. The first-order chi connectivity index (χ1) is 18.7. The van der Waals surface area contributed by atoms with Gasteiger partial charge in [0, 0.05) is 29.9 Å². The lowest BCUT2D eigenvalue weighted by atomic mass is 9.85. The molecule has 0 saturated heterocycles. The van der Waals surface area contributed by atoms with Crippen molar-refractivity contribution in [2.75, 3.05) is 0 Å². The number of nitrogens with zero attached hydrogens (tertiary/aromatic N) is 6. The van der Waals surface area contributed by atoms with Crippen LogP contribution in [0.5, 0.6) is 0 Å². The highest BCUT2D eigenvalue weighted by atomic mass is 16.5. The van der Waals surface area contributed by atoms with Crippen LogP contribution in [0.3, 0.4) is 0 Å². The average Bonchev–Trinajstić information content (AvgIpc) is 3.66. The predicted molar refractivity (Wildman–Crippen MR) is 147 cm³/mol. The van der Waals surface area contributed by atoms with Crippen LogP contribution in [0.1, 0.15) is 79.9 Å². The number of pyridine rings is 1. The molecular weight excluding hydrogens is 492 g/mol. The van der Waals surface area contributed by atoms with E-state index in [1.807, 2.05) is 38.6 Å². The van der Waals surface area contributed by atoms with E-state index >= 15 is 0 Å². The van der Waals surface area contributed by atoms with Crippen LogP contribution in [0.2, 0.25) is 0 Å². The SMILES string of the molecule is CCc1cc(-c2nc3nccc(-c4ccc5c(c4)CCCC5NC(=O)c4nc(C(C)(C)C)no4)c3[nH]2)nn1C. The summed E-state index contributed by atoms with van der Waals surface area (Å²) in [4.78, 5) is 29.9. The van der Waals surface area contributed by atoms with Crippen LogP contribution in [0, 0.1) is 0 Å². The van der Waals surface area contributed by atoms with Crippen LogP contribution in [0.25, 0.3) is 33.8 Å². The van der Waals surface area contributed by atoms with Crippen LogP contribution >= 0.6 is 0 Å². The summed E-state index contributed by atoms with van der Waals surface area (Å²) in [5.41, 5.74) is 7.62. The zero-order valence-electron chi connectivity index (χ0n) is 22.9. The van der Waals surface area contributed by atoms with Gasteiger partial charge in [-0.15, -0.1) is 0 Å². The number of imidazole rings is 1. The summed E-state index contributed by atoms with van der Waals surface area (Å²) in [5.74, 6) is 0.871. The van der Waals surface area contributed by atoms with Crippen molar-refractivity contribution in [3.63, 3.8) is 0 Å². The molecule has 2 N–H and O–H groups in total. The van der Waals surface area contributed by atoms with Crippen molar-refractivity contribution in [1.82, 2.24) is 40.2 Å². The summed E-state index contributed by atoms with van der Waals surface area (Å²) in [6, 6.07) is 10.4. The van der Waals surface area contributed by atoms with Crippen molar-refractivity contribution < 1.29 is 9.32 Å². The minimum atomic E-state index is -0.346. The molecule has 4 aromatic heterocycles. The largest absolute Gasteiger partial charge is 0.341 e. The van der Waals surface area contributed by atoms with Crippen LogP contribution < -0.4 is 5.32 Å². The number of carbonyl (C=O) groups excluding carboxylic acids is 1. The maximum Gasteiger partial charge on any atom is 0.315 e. The Bertz CT molecular complexity index is 1690. The molecule has 1 aromatic carbocycles. The number of aromatic amines is 1. The molecule has 4 heterocycles. The van der Waals surface area contributed by atoms with E-state index in [9.17, 15) is 4.79 Å². The standard InChI is InChI=1S/C29H32N8O2/c1-6-18-15-22(35-37(18)5)24-32-23-20(12-13-30-25(23)33-24)17-10-11-19-16(14-17)8-7-9-21(19)31-26(38)27-34-28(36-39-27)29(2,3)4/h10-15,21H,6-9H2,1-5H3,(H,31,38)(H,30,32,33). The van der Waals surface area contributed by atoms with E-state index in [2.05, 4.69) is 61.7 Å². The molecule has 0 saturated carbocycles. The molecule has 1 aliphatic rings. The van der Waals surface area contributed by atoms with Gasteiger partial charge in [-0.2, -0.15) is 10.1 Å². The van der Waals surface area contributed by atoms with Gasteiger partial charge in [0.1, 0.15) is 5.69 Å². The molecule has 10 heteroatoms. The van der Waals surface area contributed by atoms with E-state index in [0.29, 0.717) is 17.3 Å². The Morgan fingerprint density at radius 2 is 2.05 bits per heavy atom. The first-order valence-electron chi connectivity index (χ1n) is 13.4. The number of fused-ring (bicyclic) bond motifs is 2. The summed E-state index contributed by atoms with van der Waals surface area (Å²) in [7, 11) is 1.95. The Labute approximate surface area is 226 Å². The maximum atomic E-state index is 12.9. The smallest absolute Gasteiger partial charge is 0.315 e. The first kappa shape index (κ1) is 25.0. The fourth-order valence-corrected chi connectivity index (χ4v) is 5.20.